The summed E-state index contributed by atoms with van der Waals surface area (Å²) < 4.78 is 28.3. The average molecular weight is 519 g/mol. The summed E-state index contributed by atoms with van der Waals surface area (Å²) in [6.45, 7) is 3.53. The lowest BCUT2D eigenvalue weighted by atomic mass is 9.93. The number of H-pyrrole nitrogens is 1. The molecule has 1 aromatic carbocycles. The molecule has 38 heavy (non-hydrogen) atoms. The van der Waals surface area contributed by atoms with Gasteiger partial charge in [0.15, 0.2) is 5.82 Å². The van der Waals surface area contributed by atoms with Gasteiger partial charge in [-0.15, -0.1) is 5.10 Å². The molecule has 196 valence electrons. The molecular weight excluding hydrogens is 491 g/mol. The Morgan fingerprint density at radius 2 is 2.05 bits per heavy atom. The Balaban J connectivity index is 1.55. The molecule has 1 aliphatic rings. The molecule has 0 radical (unpaired) electrons. The van der Waals surface area contributed by atoms with E-state index in [0.717, 1.165) is 0 Å². The number of methoxy groups -OCH3 is 1. The van der Waals surface area contributed by atoms with Crippen molar-refractivity contribution in [2.75, 3.05) is 26.8 Å². The third kappa shape index (κ3) is 4.86. The molecule has 10 nitrogen and oxygen atoms in total. The fourth-order valence-electron chi connectivity index (χ4n) is 4.67. The maximum absolute atomic E-state index is 16.0. The summed E-state index contributed by atoms with van der Waals surface area (Å²) in [7, 11) is 1.27. The molecule has 0 fully saturated rings. The Morgan fingerprint density at radius 3 is 2.82 bits per heavy atom. The highest BCUT2D eigenvalue weighted by Crippen LogP contribution is 2.39. The number of carbonyl (C=O) groups excluding carboxylic acids is 2. The van der Waals surface area contributed by atoms with Gasteiger partial charge in [0, 0.05) is 54.6 Å². The van der Waals surface area contributed by atoms with Gasteiger partial charge in [0.2, 0.25) is 5.91 Å². The molecule has 11 heteroatoms. The summed E-state index contributed by atoms with van der Waals surface area (Å²) in [5.41, 5.74) is 2.62. The van der Waals surface area contributed by atoms with Crippen LogP contribution in [0, 0.1) is 5.82 Å². The molecule has 4 aromatic rings. The quantitative estimate of drug-likeness (QED) is 0.352. The van der Waals surface area contributed by atoms with Crippen molar-refractivity contribution < 1.29 is 23.5 Å². The van der Waals surface area contributed by atoms with Gasteiger partial charge in [-0.3, -0.25) is 14.5 Å². The summed E-state index contributed by atoms with van der Waals surface area (Å²) >= 11 is 0. The molecule has 1 amide bonds. The molecule has 1 N–H and O–H groups in total. The minimum Gasteiger partial charge on any atom is -0.493 e. The first-order chi connectivity index (χ1) is 18.5. The Kier molecular flexibility index (Phi) is 7.16. The Morgan fingerprint density at radius 1 is 1.18 bits per heavy atom. The molecule has 3 aromatic heterocycles. The van der Waals surface area contributed by atoms with Gasteiger partial charge < -0.3 is 19.4 Å². The molecule has 0 saturated heterocycles. The van der Waals surface area contributed by atoms with Crippen LogP contribution in [0.25, 0.3) is 27.6 Å². The summed E-state index contributed by atoms with van der Waals surface area (Å²) in [5.74, 6) is -0.578. The summed E-state index contributed by atoms with van der Waals surface area (Å²) in [4.78, 5) is 34.1. The minimum absolute atomic E-state index is 0.0495. The highest BCUT2D eigenvalue weighted by Gasteiger charge is 2.25. The van der Waals surface area contributed by atoms with Crippen LogP contribution in [0.5, 0.6) is 5.75 Å². The molecule has 0 aliphatic carbocycles. The molecule has 0 saturated carbocycles. The zero-order chi connectivity index (χ0) is 26.6. The third-order valence-corrected chi connectivity index (χ3v) is 6.51. The number of rotatable bonds is 8. The second-order valence-corrected chi connectivity index (χ2v) is 8.80. The van der Waals surface area contributed by atoms with Crippen LogP contribution in [0.3, 0.4) is 0 Å². The van der Waals surface area contributed by atoms with Crippen molar-refractivity contribution in [3.8, 4) is 16.9 Å². The number of hydrogen-bond acceptors (Lipinski definition) is 7. The first kappa shape index (κ1) is 25.1. The monoisotopic (exact) mass is 518 g/mol. The number of amides is 1. The van der Waals surface area contributed by atoms with Crippen molar-refractivity contribution in [2.24, 2.45) is 0 Å². The van der Waals surface area contributed by atoms with Gasteiger partial charge in [-0.1, -0.05) is 11.3 Å². The molecule has 1 aliphatic heterocycles. The van der Waals surface area contributed by atoms with Gasteiger partial charge in [0.25, 0.3) is 0 Å². The van der Waals surface area contributed by atoms with E-state index in [4.69, 9.17) is 9.47 Å². The van der Waals surface area contributed by atoms with Crippen molar-refractivity contribution >= 4 is 28.4 Å². The topological polar surface area (TPSA) is 115 Å². The van der Waals surface area contributed by atoms with E-state index in [-0.39, 0.29) is 30.1 Å². The summed E-state index contributed by atoms with van der Waals surface area (Å²) in [6, 6.07) is 5.06. The molecule has 0 spiro atoms. The lowest BCUT2D eigenvalue weighted by molar-refractivity contribution is -0.131. The van der Waals surface area contributed by atoms with Gasteiger partial charge in [-0.25, -0.2) is 9.18 Å². The molecule has 5 rings (SSSR count). The number of carbonyl (C=O) groups is 2. The standard InChI is InChI=1S/C27H27FN6O4/c1-3-38-23-6-8-29-15-21(23)19-13-18(25(28)26-20(19)14-22(31-26)27(36)37-2)17-5-4-10-33(16-17)24(35)7-11-34-12-9-30-32-34/h5-6,8-9,12-15,31H,3-4,7,10-11,16H2,1-2H3. The van der Waals surface area contributed by atoms with E-state index in [9.17, 15) is 9.59 Å². The van der Waals surface area contributed by atoms with E-state index in [2.05, 4.69) is 20.3 Å². The highest BCUT2D eigenvalue weighted by molar-refractivity contribution is 6.04. The molecule has 4 heterocycles. The average Bonchev–Trinajstić information content (AvgIpc) is 3.63. The SMILES string of the molecule is CCOc1ccncc1-c1cc(C2=CCCN(C(=O)CCn3ccnn3)C2)c(F)c2[nH]c(C(=O)OC)cc12. The number of esters is 1. The number of fused-ring (bicyclic) bond motifs is 1. The first-order valence-corrected chi connectivity index (χ1v) is 12.3. The number of nitrogens with zero attached hydrogens (tertiary/aromatic N) is 5. The number of hydrogen-bond donors (Lipinski definition) is 1. The van der Waals surface area contributed by atoms with Crippen molar-refractivity contribution in [2.45, 2.75) is 26.3 Å². The lowest BCUT2D eigenvalue weighted by Gasteiger charge is -2.28. The highest BCUT2D eigenvalue weighted by atomic mass is 19.1. The largest absolute Gasteiger partial charge is 0.493 e. The van der Waals surface area contributed by atoms with Crippen molar-refractivity contribution in [3.05, 3.63) is 66.1 Å². The number of ether oxygens (including phenoxy) is 2. The van der Waals surface area contributed by atoms with Crippen LogP contribution in [-0.4, -0.2) is 68.5 Å². The minimum atomic E-state index is -0.606. The molecule has 0 unspecified atom stereocenters. The predicted molar refractivity (Wildman–Crippen MR) is 138 cm³/mol. The van der Waals surface area contributed by atoms with E-state index in [1.54, 1.807) is 52.6 Å². The number of aryl methyl sites for hydroxylation is 1. The maximum atomic E-state index is 16.0. The Labute approximate surface area is 218 Å². The first-order valence-electron chi connectivity index (χ1n) is 12.3. The molecule has 0 bridgehead atoms. The van der Waals surface area contributed by atoms with E-state index in [1.807, 2.05) is 13.0 Å². The van der Waals surface area contributed by atoms with Crippen molar-refractivity contribution in [1.29, 1.82) is 0 Å². The lowest BCUT2D eigenvalue weighted by Crippen LogP contribution is -2.36. The number of halogens is 1. The number of benzene rings is 1. The fraction of sp³-hybridized carbons (Fsp3) is 0.296. The van der Waals surface area contributed by atoms with Crippen molar-refractivity contribution in [3.63, 3.8) is 0 Å². The van der Waals surface area contributed by atoms with Crippen LogP contribution in [-0.2, 0) is 16.1 Å². The zero-order valence-electron chi connectivity index (χ0n) is 21.1. The molecule has 0 atom stereocenters. The van der Waals surface area contributed by atoms with E-state index >= 15 is 4.39 Å². The predicted octanol–water partition coefficient (Wildman–Crippen LogP) is 3.85. The number of nitrogens with one attached hydrogen (secondary N) is 1. The second kappa shape index (κ2) is 10.8. The van der Waals surface area contributed by atoms with Gasteiger partial charge >= 0.3 is 5.97 Å². The summed E-state index contributed by atoms with van der Waals surface area (Å²) in [6.07, 6.45) is 9.35. The maximum Gasteiger partial charge on any atom is 0.354 e. The van der Waals surface area contributed by atoms with Gasteiger partial charge in [-0.05, 0) is 42.7 Å². The van der Waals surface area contributed by atoms with E-state index < -0.39 is 11.8 Å². The smallest absolute Gasteiger partial charge is 0.354 e. The number of aromatic nitrogens is 5. The fourth-order valence-corrected chi connectivity index (χ4v) is 4.67. The van der Waals surface area contributed by atoms with Crippen LogP contribution in [0.1, 0.15) is 35.8 Å². The third-order valence-electron chi connectivity index (χ3n) is 6.51. The normalized spacial score (nSPS) is 13.4. The second-order valence-electron chi connectivity index (χ2n) is 8.80. The summed E-state index contributed by atoms with van der Waals surface area (Å²) in [5, 5.41) is 8.16. The number of pyridine rings is 1. The Bertz CT molecular complexity index is 1510. The Hall–Kier alpha value is -4.54. The number of aromatic amines is 1. The van der Waals surface area contributed by atoms with Gasteiger partial charge in [0.05, 0.1) is 32.0 Å². The van der Waals surface area contributed by atoms with Crippen LogP contribution in [0.4, 0.5) is 4.39 Å². The zero-order valence-corrected chi connectivity index (χ0v) is 21.1. The molecular formula is C27H27FN6O4. The van der Waals surface area contributed by atoms with Crippen LogP contribution >= 0.6 is 0 Å². The van der Waals surface area contributed by atoms with E-state index in [0.29, 0.717) is 59.5 Å². The van der Waals surface area contributed by atoms with Gasteiger partial charge in [0.1, 0.15) is 11.4 Å². The van der Waals surface area contributed by atoms with Gasteiger partial charge in [-0.2, -0.15) is 0 Å². The van der Waals surface area contributed by atoms with E-state index in [1.165, 1.54) is 7.11 Å². The van der Waals surface area contributed by atoms with Crippen LogP contribution in [0.2, 0.25) is 0 Å². The van der Waals surface area contributed by atoms with Crippen LogP contribution < -0.4 is 4.74 Å². The van der Waals surface area contributed by atoms with Crippen molar-refractivity contribution in [1.82, 2.24) is 29.9 Å². The van der Waals surface area contributed by atoms with Crippen LogP contribution in [0.15, 0.2) is 49.1 Å².